The fourth-order valence-electron chi connectivity index (χ4n) is 2.93. The summed E-state index contributed by atoms with van der Waals surface area (Å²) in [5, 5.41) is 7.45. The highest BCUT2D eigenvalue weighted by atomic mass is 32.2. The quantitative estimate of drug-likeness (QED) is 0.732. The molecule has 25 heavy (non-hydrogen) atoms. The molecule has 3 heterocycles. The average Bonchev–Trinajstić information content (AvgIpc) is 3.29. The fraction of sp³-hybridized carbons (Fsp3) is 0.222. The fourth-order valence-corrected chi connectivity index (χ4v) is 3.72. The topological polar surface area (TPSA) is 74.8 Å². The average molecular weight is 351 g/mol. The number of H-pyrrole nitrogens is 1. The van der Waals surface area contributed by atoms with Crippen molar-refractivity contribution in [2.45, 2.75) is 23.8 Å². The van der Waals surface area contributed by atoms with Crippen LogP contribution in [0.2, 0.25) is 0 Å². The van der Waals surface area contributed by atoms with Crippen LogP contribution in [0.5, 0.6) is 0 Å². The largest absolute Gasteiger partial charge is 0.311 e. The SMILES string of the molecule is C[C@@H](Sc1n[nH]c(-c2ccncc2)n1)C(=O)N1CCc2ccccc21. The first kappa shape index (κ1) is 15.8. The molecule has 0 spiro atoms. The Bertz CT molecular complexity index is 895. The molecular formula is C18H17N5OS. The summed E-state index contributed by atoms with van der Waals surface area (Å²) in [6.07, 6.45) is 4.33. The van der Waals surface area contributed by atoms with Crippen LogP contribution >= 0.6 is 11.8 Å². The molecule has 2 aromatic heterocycles. The molecule has 4 rings (SSSR count). The summed E-state index contributed by atoms with van der Waals surface area (Å²) in [6.45, 7) is 2.63. The summed E-state index contributed by atoms with van der Waals surface area (Å²) in [6, 6.07) is 11.8. The molecule has 0 bridgehead atoms. The predicted octanol–water partition coefficient (Wildman–Crippen LogP) is 2.94. The minimum Gasteiger partial charge on any atom is -0.311 e. The molecule has 0 fully saturated rings. The number of para-hydroxylation sites is 1. The Morgan fingerprint density at radius 2 is 2.04 bits per heavy atom. The van der Waals surface area contributed by atoms with E-state index in [-0.39, 0.29) is 11.2 Å². The Morgan fingerprint density at radius 3 is 2.88 bits per heavy atom. The van der Waals surface area contributed by atoms with Crippen molar-refractivity contribution in [3.8, 4) is 11.4 Å². The van der Waals surface area contributed by atoms with Crippen molar-refractivity contribution >= 4 is 23.4 Å². The maximum absolute atomic E-state index is 12.8. The van der Waals surface area contributed by atoms with Gasteiger partial charge in [0.15, 0.2) is 5.82 Å². The van der Waals surface area contributed by atoms with E-state index < -0.39 is 0 Å². The summed E-state index contributed by atoms with van der Waals surface area (Å²) in [7, 11) is 0. The normalized spacial score (nSPS) is 14.4. The first-order chi connectivity index (χ1) is 12.2. The van der Waals surface area contributed by atoms with Crippen molar-refractivity contribution < 1.29 is 4.79 Å². The highest BCUT2D eigenvalue weighted by Crippen LogP contribution is 2.31. The van der Waals surface area contributed by atoms with Crippen LogP contribution in [-0.2, 0) is 11.2 Å². The summed E-state index contributed by atoms with van der Waals surface area (Å²) in [5.41, 5.74) is 3.17. The second kappa shape index (κ2) is 6.68. The maximum atomic E-state index is 12.8. The molecule has 6 nitrogen and oxygen atoms in total. The first-order valence-electron chi connectivity index (χ1n) is 8.11. The van der Waals surface area contributed by atoms with Crippen LogP contribution in [0.4, 0.5) is 5.69 Å². The van der Waals surface area contributed by atoms with Crippen LogP contribution in [0.15, 0.2) is 53.9 Å². The second-order valence-corrected chi connectivity index (χ2v) is 7.14. The number of fused-ring (bicyclic) bond motifs is 1. The molecule has 0 radical (unpaired) electrons. The number of thioether (sulfide) groups is 1. The van der Waals surface area contributed by atoms with Crippen molar-refractivity contribution in [2.75, 3.05) is 11.4 Å². The number of aromatic amines is 1. The van der Waals surface area contributed by atoms with E-state index in [9.17, 15) is 4.79 Å². The standard InChI is InChI=1S/C18H17N5OS/c1-12(17(24)23-11-8-13-4-2-3-5-15(13)23)25-18-20-16(21-22-18)14-6-9-19-10-7-14/h2-7,9-10,12H,8,11H2,1H3,(H,20,21,22)/t12-/m1/s1. The smallest absolute Gasteiger partial charge is 0.240 e. The van der Waals surface area contributed by atoms with E-state index in [1.807, 2.05) is 42.2 Å². The van der Waals surface area contributed by atoms with Crippen LogP contribution in [0.1, 0.15) is 12.5 Å². The molecule has 1 aromatic carbocycles. The lowest BCUT2D eigenvalue weighted by molar-refractivity contribution is -0.117. The number of rotatable bonds is 4. The van der Waals surface area contributed by atoms with E-state index in [1.165, 1.54) is 17.3 Å². The molecule has 0 saturated heterocycles. The number of anilines is 1. The van der Waals surface area contributed by atoms with E-state index in [1.54, 1.807) is 12.4 Å². The summed E-state index contributed by atoms with van der Waals surface area (Å²) in [5.74, 6) is 0.765. The summed E-state index contributed by atoms with van der Waals surface area (Å²) in [4.78, 5) is 23.2. The Balaban J connectivity index is 1.47. The van der Waals surface area contributed by atoms with Crippen molar-refractivity contribution in [1.29, 1.82) is 0 Å². The minimum atomic E-state index is -0.257. The van der Waals surface area contributed by atoms with E-state index in [0.717, 1.165) is 24.2 Å². The monoisotopic (exact) mass is 351 g/mol. The second-order valence-electron chi connectivity index (χ2n) is 5.83. The third-order valence-corrected chi connectivity index (χ3v) is 5.15. The van der Waals surface area contributed by atoms with Crippen LogP contribution in [-0.4, -0.2) is 37.9 Å². The molecule has 1 aliphatic heterocycles. The third-order valence-electron chi connectivity index (χ3n) is 4.20. The number of pyridine rings is 1. The lowest BCUT2D eigenvalue weighted by Gasteiger charge is -2.20. The van der Waals surface area contributed by atoms with E-state index in [4.69, 9.17) is 0 Å². The van der Waals surface area contributed by atoms with Crippen LogP contribution < -0.4 is 4.90 Å². The zero-order valence-corrected chi connectivity index (χ0v) is 14.5. The van der Waals surface area contributed by atoms with Gasteiger partial charge in [-0.1, -0.05) is 30.0 Å². The van der Waals surface area contributed by atoms with Gasteiger partial charge in [0.05, 0.1) is 5.25 Å². The third kappa shape index (κ3) is 3.15. The Kier molecular flexibility index (Phi) is 4.23. The van der Waals surface area contributed by atoms with Crippen LogP contribution in [0, 0.1) is 0 Å². The Labute approximate surface area is 149 Å². The molecular weight excluding hydrogens is 334 g/mol. The highest BCUT2D eigenvalue weighted by molar-refractivity contribution is 8.00. The van der Waals surface area contributed by atoms with Gasteiger partial charge in [-0.3, -0.25) is 14.9 Å². The molecule has 0 unspecified atom stereocenters. The molecule has 0 aliphatic carbocycles. The maximum Gasteiger partial charge on any atom is 0.240 e. The first-order valence-corrected chi connectivity index (χ1v) is 8.99. The van der Waals surface area contributed by atoms with Gasteiger partial charge in [-0.15, -0.1) is 5.10 Å². The van der Waals surface area contributed by atoms with Gasteiger partial charge in [-0.05, 0) is 37.1 Å². The number of amides is 1. The number of hydrogen-bond donors (Lipinski definition) is 1. The predicted molar refractivity (Wildman–Crippen MR) is 97.4 cm³/mol. The molecule has 1 atom stereocenters. The van der Waals surface area contributed by atoms with Gasteiger partial charge in [-0.25, -0.2) is 4.98 Å². The zero-order chi connectivity index (χ0) is 17.2. The number of nitrogens with zero attached hydrogens (tertiary/aromatic N) is 4. The zero-order valence-electron chi connectivity index (χ0n) is 13.7. The number of nitrogens with one attached hydrogen (secondary N) is 1. The number of benzene rings is 1. The van der Waals surface area contributed by atoms with Gasteiger partial charge in [0.2, 0.25) is 11.1 Å². The molecule has 7 heteroatoms. The molecule has 1 aliphatic rings. The molecule has 3 aromatic rings. The molecule has 1 amide bonds. The van der Waals surface area contributed by atoms with E-state index in [0.29, 0.717) is 11.0 Å². The van der Waals surface area contributed by atoms with Crippen molar-refractivity contribution in [3.05, 3.63) is 54.4 Å². The van der Waals surface area contributed by atoms with Crippen LogP contribution in [0.3, 0.4) is 0 Å². The lowest BCUT2D eigenvalue weighted by Crippen LogP contribution is -2.35. The summed E-state index contributed by atoms with van der Waals surface area (Å²) >= 11 is 1.37. The highest BCUT2D eigenvalue weighted by Gasteiger charge is 2.28. The molecule has 126 valence electrons. The van der Waals surface area contributed by atoms with Crippen LogP contribution in [0.25, 0.3) is 11.4 Å². The van der Waals surface area contributed by atoms with Crippen molar-refractivity contribution in [2.24, 2.45) is 0 Å². The summed E-state index contributed by atoms with van der Waals surface area (Å²) < 4.78 is 0. The molecule has 1 N–H and O–H groups in total. The number of carbonyl (C=O) groups excluding carboxylic acids is 1. The lowest BCUT2D eigenvalue weighted by atomic mass is 10.2. The van der Waals surface area contributed by atoms with Gasteiger partial charge < -0.3 is 4.90 Å². The Hall–Kier alpha value is -2.67. The van der Waals surface area contributed by atoms with Gasteiger partial charge in [0, 0.05) is 30.2 Å². The number of aromatic nitrogens is 4. The Morgan fingerprint density at radius 1 is 1.24 bits per heavy atom. The van der Waals surface area contributed by atoms with Gasteiger partial charge in [0.1, 0.15) is 0 Å². The number of carbonyl (C=O) groups is 1. The van der Waals surface area contributed by atoms with Crippen molar-refractivity contribution in [3.63, 3.8) is 0 Å². The van der Waals surface area contributed by atoms with Gasteiger partial charge in [0.25, 0.3) is 0 Å². The van der Waals surface area contributed by atoms with Gasteiger partial charge >= 0.3 is 0 Å². The van der Waals surface area contributed by atoms with E-state index >= 15 is 0 Å². The van der Waals surface area contributed by atoms with Crippen molar-refractivity contribution in [1.82, 2.24) is 20.2 Å². The van der Waals surface area contributed by atoms with E-state index in [2.05, 4.69) is 26.2 Å². The molecule has 0 saturated carbocycles. The minimum absolute atomic E-state index is 0.0882. The van der Waals surface area contributed by atoms with Gasteiger partial charge in [-0.2, -0.15) is 0 Å². The number of hydrogen-bond acceptors (Lipinski definition) is 5.